The Morgan fingerprint density at radius 2 is 1.96 bits per heavy atom. The molecule has 0 bridgehead atoms. The Bertz CT molecular complexity index is 897. The summed E-state index contributed by atoms with van der Waals surface area (Å²) in [6, 6.07) is 12.9. The molecule has 0 saturated carbocycles. The topological polar surface area (TPSA) is 66.5 Å². The Morgan fingerprint density at radius 3 is 2.65 bits per heavy atom. The highest BCUT2D eigenvalue weighted by molar-refractivity contribution is 7.92. The lowest BCUT2D eigenvalue weighted by Gasteiger charge is -2.25. The van der Waals surface area contributed by atoms with Crippen LogP contribution in [0.5, 0.6) is 0 Å². The van der Waals surface area contributed by atoms with Crippen LogP contribution in [-0.2, 0) is 16.4 Å². The van der Waals surface area contributed by atoms with E-state index in [-0.39, 0.29) is 17.8 Å². The van der Waals surface area contributed by atoms with Gasteiger partial charge in [0.25, 0.3) is 5.91 Å². The number of likely N-dealkylation sites (tertiary alicyclic amines) is 1. The first kappa shape index (κ1) is 18.4. The quantitative estimate of drug-likeness (QED) is 0.872. The van der Waals surface area contributed by atoms with Gasteiger partial charge in [-0.3, -0.25) is 9.52 Å². The Morgan fingerprint density at radius 1 is 1.23 bits per heavy atom. The minimum Gasteiger partial charge on any atom is -0.335 e. The van der Waals surface area contributed by atoms with Crippen molar-refractivity contribution in [3.8, 4) is 0 Å². The molecule has 1 saturated heterocycles. The van der Waals surface area contributed by atoms with E-state index in [0.29, 0.717) is 24.2 Å². The van der Waals surface area contributed by atoms with Gasteiger partial charge >= 0.3 is 0 Å². The number of nitrogens with one attached hydrogen (secondary N) is 1. The van der Waals surface area contributed by atoms with Crippen molar-refractivity contribution in [1.82, 2.24) is 4.90 Å². The fourth-order valence-electron chi connectivity index (χ4n) is 3.30. The van der Waals surface area contributed by atoms with Gasteiger partial charge in [-0.15, -0.1) is 0 Å². The summed E-state index contributed by atoms with van der Waals surface area (Å²) in [4.78, 5) is 14.7. The smallest absolute Gasteiger partial charge is 0.254 e. The second kappa shape index (κ2) is 7.45. The molecular formula is C19H21FN2O3S. The highest BCUT2D eigenvalue weighted by atomic mass is 32.2. The van der Waals surface area contributed by atoms with E-state index < -0.39 is 10.0 Å². The van der Waals surface area contributed by atoms with Crippen LogP contribution in [0.2, 0.25) is 0 Å². The summed E-state index contributed by atoms with van der Waals surface area (Å²) in [5.41, 5.74) is 1.81. The minimum atomic E-state index is -3.40. The summed E-state index contributed by atoms with van der Waals surface area (Å²) in [7, 11) is -3.40. The molecule has 138 valence electrons. The number of carbonyl (C=O) groups excluding carboxylic acids is 1. The van der Waals surface area contributed by atoms with Crippen LogP contribution in [0, 0.1) is 5.82 Å². The van der Waals surface area contributed by atoms with Gasteiger partial charge < -0.3 is 4.90 Å². The van der Waals surface area contributed by atoms with E-state index in [2.05, 4.69) is 4.72 Å². The van der Waals surface area contributed by atoms with Gasteiger partial charge in [0.2, 0.25) is 10.0 Å². The van der Waals surface area contributed by atoms with Gasteiger partial charge in [-0.1, -0.05) is 18.2 Å². The molecule has 1 N–H and O–H groups in total. The lowest BCUT2D eigenvalue weighted by molar-refractivity contribution is 0.0736. The number of nitrogens with zero attached hydrogens (tertiary/aromatic N) is 1. The van der Waals surface area contributed by atoms with Crippen molar-refractivity contribution in [3.63, 3.8) is 0 Å². The standard InChI is InChI=1S/C19H21FN2O3S/c1-26(24,25)21-17-5-2-4-15(13-17)19(23)22-11-3-6-18(22)12-14-7-9-16(20)10-8-14/h2,4-5,7-10,13,18,21H,3,6,11-12H2,1H3. The predicted molar refractivity (Wildman–Crippen MR) is 99.1 cm³/mol. The van der Waals surface area contributed by atoms with Crippen LogP contribution in [0.4, 0.5) is 10.1 Å². The number of hydrogen-bond donors (Lipinski definition) is 1. The molecule has 0 spiro atoms. The largest absolute Gasteiger partial charge is 0.335 e. The number of hydrogen-bond acceptors (Lipinski definition) is 3. The number of carbonyl (C=O) groups is 1. The predicted octanol–water partition coefficient (Wildman–Crippen LogP) is 3.04. The van der Waals surface area contributed by atoms with Crippen LogP contribution in [0.1, 0.15) is 28.8 Å². The number of anilines is 1. The molecule has 1 heterocycles. The van der Waals surface area contributed by atoms with Gasteiger partial charge in [-0.05, 0) is 55.2 Å². The van der Waals surface area contributed by atoms with E-state index in [4.69, 9.17) is 0 Å². The van der Waals surface area contributed by atoms with Gasteiger partial charge in [-0.2, -0.15) is 0 Å². The molecule has 1 aliphatic heterocycles. The zero-order valence-electron chi connectivity index (χ0n) is 14.5. The summed E-state index contributed by atoms with van der Waals surface area (Å²) >= 11 is 0. The first-order chi connectivity index (χ1) is 12.3. The second-order valence-corrected chi connectivity index (χ2v) is 8.33. The number of amides is 1. The summed E-state index contributed by atoms with van der Waals surface area (Å²) in [5.74, 6) is -0.393. The molecule has 0 aliphatic carbocycles. The van der Waals surface area contributed by atoms with Crippen LogP contribution in [0.15, 0.2) is 48.5 Å². The van der Waals surface area contributed by atoms with Crippen molar-refractivity contribution in [3.05, 3.63) is 65.5 Å². The second-order valence-electron chi connectivity index (χ2n) is 6.58. The Balaban J connectivity index is 1.75. The van der Waals surface area contributed by atoms with Crippen molar-refractivity contribution >= 4 is 21.6 Å². The lowest BCUT2D eigenvalue weighted by Crippen LogP contribution is -2.36. The maximum absolute atomic E-state index is 13.1. The average Bonchev–Trinajstić information content (AvgIpc) is 3.03. The molecule has 0 radical (unpaired) electrons. The fourth-order valence-corrected chi connectivity index (χ4v) is 3.86. The maximum Gasteiger partial charge on any atom is 0.254 e. The molecule has 0 aromatic heterocycles. The van der Waals surface area contributed by atoms with Crippen molar-refractivity contribution < 1.29 is 17.6 Å². The summed E-state index contributed by atoms with van der Waals surface area (Å²) in [5, 5.41) is 0. The fraction of sp³-hybridized carbons (Fsp3) is 0.316. The molecule has 1 amide bonds. The molecule has 1 atom stereocenters. The van der Waals surface area contributed by atoms with Crippen molar-refractivity contribution in [2.24, 2.45) is 0 Å². The Kier molecular flexibility index (Phi) is 5.27. The third kappa shape index (κ3) is 4.60. The van der Waals surface area contributed by atoms with E-state index >= 15 is 0 Å². The molecule has 2 aromatic carbocycles. The van der Waals surface area contributed by atoms with Gasteiger partial charge in [0.1, 0.15) is 5.82 Å². The SMILES string of the molecule is CS(=O)(=O)Nc1cccc(C(=O)N2CCCC2Cc2ccc(F)cc2)c1. The van der Waals surface area contributed by atoms with Crippen LogP contribution in [0.25, 0.3) is 0 Å². The van der Waals surface area contributed by atoms with Crippen molar-refractivity contribution in [2.75, 3.05) is 17.5 Å². The Hall–Kier alpha value is -2.41. The normalized spacial score (nSPS) is 17.3. The first-order valence-corrected chi connectivity index (χ1v) is 10.3. The molecule has 3 rings (SSSR count). The molecule has 2 aromatic rings. The third-order valence-corrected chi connectivity index (χ3v) is 5.04. The monoisotopic (exact) mass is 376 g/mol. The van der Waals surface area contributed by atoms with Gasteiger partial charge in [0.15, 0.2) is 0 Å². The van der Waals surface area contributed by atoms with Crippen LogP contribution in [-0.4, -0.2) is 38.1 Å². The molecular weight excluding hydrogens is 355 g/mol. The van der Waals surface area contributed by atoms with E-state index in [1.807, 2.05) is 4.90 Å². The molecule has 1 aliphatic rings. The van der Waals surface area contributed by atoms with Crippen molar-refractivity contribution in [2.45, 2.75) is 25.3 Å². The molecule has 26 heavy (non-hydrogen) atoms. The average molecular weight is 376 g/mol. The molecule has 1 fully saturated rings. The molecule has 5 nitrogen and oxygen atoms in total. The van der Waals surface area contributed by atoms with Gasteiger partial charge in [0.05, 0.1) is 6.26 Å². The molecule has 1 unspecified atom stereocenters. The summed E-state index contributed by atoms with van der Waals surface area (Å²) in [6.45, 7) is 0.661. The highest BCUT2D eigenvalue weighted by Crippen LogP contribution is 2.24. The van der Waals surface area contributed by atoms with E-state index in [9.17, 15) is 17.6 Å². The number of benzene rings is 2. The van der Waals surface area contributed by atoms with Crippen LogP contribution < -0.4 is 4.72 Å². The van der Waals surface area contributed by atoms with E-state index in [1.165, 1.54) is 12.1 Å². The number of rotatable bonds is 5. The van der Waals surface area contributed by atoms with E-state index in [1.54, 1.807) is 36.4 Å². The van der Waals surface area contributed by atoms with E-state index in [0.717, 1.165) is 24.7 Å². The first-order valence-electron chi connectivity index (χ1n) is 8.45. The van der Waals surface area contributed by atoms with Gasteiger partial charge in [0, 0.05) is 23.8 Å². The zero-order valence-corrected chi connectivity index (χ0v) is 15.3. The van der Waals surface area contributed by atoms with Gasteiger partial charge in [-0.25, -0.2) is 12.8 Å². The summed E-state index contributed by atoms with van der Waals surface area (Å²) < 4.78 is 38.2. The van der Waals surface area contributed by atoms with Crippen molar-refractivity contribution in [1.29, 1.82) is 0 Å². The third-order valence-electron chi connectivity index (χ3n) is 4.44. The highest BCUT2D eigenvalue weighted by Gasteiger charge is 2.29. The summed E-state index contributed by atoms with van der Waals surface area (Å²) in [6.07, 6.45) is 3.55. The minimum absolute atomic E-state index is 0.0551. The number of sulfonamides is 1. The van der Waals surface area contributed by atoms with Crippen LogP contribution >= 0.6 is 0 Å². The molecule has 7 heteroatoms. The zero-order chi connectivity index (χ0) is 18.7. The van der Waals surface area contributed by atoms with Crippen LogP contribution in [0.3, 0.4) is 0 Å². The lowest BCUT2D eigenvalue weighted by atomic mass is 10.0. The Labute approximate surface area is 152 Å². The maximum atomic E-state index is 13.1. The number of halogens is 1.